The molecular weight excluding hydrogens is 342 g/mol. The summed E-state index contributed by atoms with van der Waals surface area (Å²) >= 11 is 0. The third-order valence-corrected chi connectivity index (χ3v) is 4.22. The van der Waals surface area contributed by atoms with E-state index < -0.39 is 11.8 Å². The molecule has 0 fully saturated rings. The van der Waals surface area contributed by atoms with E-state index in [0.29, 0.717) is 11.1 Å². The van der Waals surface area contributed by atoms with Crippen LogP contribution in [0.3, 0.4) is 0 Å². The van der Waals surface area contributed by atoms with E-state index >= 15 is 0 Å². The SMILES string of the molecule is NC(=O)c1cc2c(ccc3ccccc32)oc1=NNC(=O)c1ccccc1. The van der Waals surface area contributed by atoms with E-state index in [4.69, 9.17) is 10.2 Å². The zero-order valence-corrected chi connectivity index (χ0v) is 14.2. The van der Waals surface area contributed by atoms with Crippen LogP contribution in [0.15, 0.2) is 82.3 Å². The fourth-order valence-electron chi connectivity index (χ4n) is 2.89. The van der Waals surface area contributed by atoms with Crippen LogP contribution >= 0.6 is 0 Å². The molecule has 4 rings (SSSR count). The first-order valence-corrected chi connectivity index (χ1v) is 8.28. The zero-order chi connectivity index (χ0) is 18.8. The number of benzene rings is 3. The van der Waals surface area contributed by atoms with Crippen molar-refractivity contribution in [1.82, 2.24) is 5.43 Å². The Morgan fingerprint density at radius 3 is 2.41 bits per heavy atom. The van der Waals surface area contributed by atoms with Gasteiger partial charge in [0, 0.05) is 10.9 Å². The van der Waals surface area contributed by atoms with Gasteiger partial charge in [0.25, 0.3) is 11.8 Å². The van der Waals surface area contributed by atoms with Gasteiger partial charge in [-0.25, -0.2) is 5.43 Å². The van der Waals surface area contributed by atoms with E-state index in [-0.39, 0.29) is 11.1 Å². The van der Waals surface area contributed by atoms with Crippen LogP contribution in [0.2, 0.25) is 0 Å². The molecule has 0 bridgehead atoms. The second-order valence-electron chi connectivity index (χ2n) is 5.95. The molecule has 27 heavy (non-hydrogen) atoms. The topological polar surface area (TPSA) is 97.7 Å². The average molecular weight is 357 g/mol. The molecular formula is C21H15N3O3. The molecule has 2 amide bonds. The molecule has 3 aromatic carbocycles. The summed E-state index contributed by atoms with van der Waals surface area (Å²) in [5.41, 5.74) is 8.91. The van der Waals surface area contributed by atoms with Crippen molar-refractivity contribution in [2.75, 3.05) is 0 Å². The number of carbonyl (C=O) groups is 2. The van der Waals surface area contributed by atoms with E-state index in [1.807, 2.05) is 36.4 Å². The van der Waals surface area contributed by atoms with E-state index in [0.717, 1.165) is 16.2 Å². The number of carbonyl (C=O) groups excluding carboxylic acids is 2. The van der Waals surface area contributed by atoms with E-state index in [1.165, 1.54) is 0 Å². The monoisotopic (exact) mass is 357 g/mol. The molecule has 0 saturated heterocycles. The van der Waals surface area contributed by atoms with Crippen LogP contribution in [0, 0.1) is 0 Å². The number of nitrogens with zero attached hydrogens (tertiary/aromatic N) is 1. The summed E-state index contributed by atoms with van der Waals surface area (Å²) < 4.78 is 5.77. The lowest BCUT2D eigenvalue weighted by molar-refractivity contribution is 0.0946. The standard InChI is InChI=1S/C21H15N3O3/c22-19(25)17-12-16-15-9-5-4-6-13(15)10-11-18(16)27-21(17)24-23-20(26)14-7-2-1-3-8-14/h1-12H,(H2,22,25)(H,23,26). The Bertz CT molecular complexity index is 1240. The fourth-order valence-corrected chi connectivity index (χ4v) is 2.89. The largest absolute Gasteiger partial charge is 0.436 e. The minimum atomic E-state index is -0.693. The van der Waals surface area contributed by atoms with Crippen LogP contribution in [0.25, 0.3) is 21.7 Å². The molecule has 0 unspecified atom stereocenters. The number of rotatable bonds is 3. The lowest BCUT2D eigenvalue weighted by Gasteiger charge is -2.06. The number of nitrogens with one attached hydrogen (secondary N) is 1. The van der Waals surface area contributed by atoms with Gasteiger partial charge in [-0.15, -0.1) is 5.10 Å². The Labute approximate surface area is 153 Å². The molecule has 1 heterocycles. The highest BCUT2D eigenvalue weighted by molar-refractivity contribution is 6.07. The number of amides is 2. The van der Waals surface area contributed by atoms with E-state index in [2.05, 4.69) is 10.5 Å². The van der Waals surface area contributed by atoms with Gasteiger partial charge in [-0.3, -0.25) is 9.59 Å². The molecule has 0 aliphatic carbocycles. The van der Waals surface area contributed by atoms with Crippen LogP contribution in [0.5, 0.6) is 0 Å². The van der Waals surface area contributed by atoms with Gasteiger partial charge >= 0.3 is 0 Å². The maximum absolute atomic E-state index is 12.2. The number of primary amides is 1. The molecule has 4 aromatic rings. The number of hydrogen-bond acceptors (Lipinski definition) is 4. The van der Waals surface area contributed by atoms with Gasteiger partial charge in [0.05, 0.1) is 0 Å². The van der Waals surface area contributed by atoms with Crippen LogP contribution in [-0.2, 0) is 0 Å². The second-order valence-corrected chi connectivity index (χ2v) is 5.95. The summed E-state index contributed by atoms with van der Waals surface area (Å²) in [4.78, 5) is 24.1. The minimum absolute atomic E-state index is 0.0467. The third-order valence-electron chi connectivity index (χ3n) is 4.22. The molecule has 6 heteroatoms. The van der Waals surface area contributed by atoms with Gasteiger partial charge in [0.15, 0.2) is 0 Å². The fraction of sp³-hybridized carbons (Fsp3) is 0. The summed E-state index contributed by atoms with van der Waals surface area (Å²) in [6, 6.07) is 21.7. The smallest absolute Gasteiger partial charge is 0.271 e. The molecule has 0 spiro atoms. The van der Waals surface area contributed by atoms with Crippen molar-refractivity contribution >= 4 is 33.6 Å². The van der Waals surface area contributed by atoms with Crippen molar-refractivity contribution in [3.8, 4) is 0 Å². The first kappa shape index (κ1) is 16.5. The molecule has 132 valence electrons. The predicted molar refractivity (Wildman–Crippen MR) is 102 cm³/mol. The van der Waals surface area contributed by atoms with E-state index in [1.54, 1.807) is 36.4 Å². The minimum Gasteiger partial charge on any atom is -0.436 e. The molecule has 6 nitrogen and oxygen atoms in total. The summed E-state index contributed by atoms with van der Waals surface area (Å²) in [5, 5.41) is 6.66. The maximum atomic E-state index is 12.2. The summed E-state index contributed by atoms with van der Waals surface area (Å²) in [5.74, 6) is -1.11. The molecule has 0 atom stereocenters. The Hall–Kier alpha value is -3.93. The van der Waals surface area contributed by atoms with Crippen LogP contribution < -0.4 is 16.7 Å². The maximum Gasteiger partial charge on any atom is 0.271 e. The molecule has 0 saturated carbocycles. The zero-order valence-electron chi connectivity index (χ0n) is 14.2. The number of fused-ring (bicyclic) bond motifs is 3. The highest BCUT2D eigenvalue weighted by atomic mass is 16.3. The Balaban J connectivity index is 1.84. The summed E-state index contributed by atoms with van der Waals surface area (Å²) in [6.07, 6.45) is 0. The molecule has 1 aromatic heterocycles. The predicted octanol–water partition coefficient (Wildman–Crippen LogP) is 2.93. The number of nitrogens with two attached hydrogens (primary N) is 1. The van der Waals surface area contributed by atoms with E-state index in [9.17, 15) is 9.59 Å². The Morgan fingerprint density at radius 2 is 1.63 bits per heavy atom. The first-order chi connectivity index (χ1) is 13.1. The lowest BCUT2D eigenvalue weighted by atomic mass is 10.0. The van der Waals surface area contributed by atoms with Crippen molar-refractivity contribution in [3.05, 3.63) is 89.5 Å². The normalized spacial score (nSPS) is 11.6. The van der Waals surface area contributed by atoms with Gasteiger partial charge in [-0.05, 0) is 35.0 Å². The van der Waals surface area contributed by atoms with Gasteiger partial charge in [0.1, 0.15) is 11.1 Å². The van der Waals surface area contributed by atoms with Crippen molar-refractivity contribution in [3.63, 3.8) is 0 Å². The van der Waals surface area contributed by atoms with Crippen molar-refractivity contribution in [1.29, 1.82) is 0 Å². The lowest BCUT2D eigenvalue weighted by Crippen LogP contribution is -2.27. The van der Waals surface area contributed by atoms with Gasteiger partial charge in [-0.1, -0.05) is 48.5 Å². The van der Waals surface area contributed by atoms with Gasteiger partial charge in [-0.2, -0.15) is 0 Å². The van der Waals surface area contributed by atoms with Gasteiger partial charge < -0.3 is 10.2 Å². The van der Waals surface area contributed by atoms with Crippen molar-refractivity contribution in [2.45, 2.75) is 0 Å². The molecule has 0 aliphatic rings. The van der Waals surface area contributed by atoms with Crippen LogP contribution in [0.1, 0.15) is 20.7 Å². The molecule has 3 N–H and O–H groups in total. The van der Waals surface area contributed by atoms with Crippen LogP contribution in [-0.4, -0.2) is 11.8 Å². The van der Waals surface area contributed by atoms with Crippen LogP contribution in [0.4, 0.5) is 0 Å². The number of hydrogen-bond donors (Lipinski definition) is 2. The summed E-state index contributed by atoms with van der Waals surface area (Å²) in [6.45, 7) is 0. The molecule has 0 radical (unpaired) electrons. The first-order valence-electron chi connectivity index (χ1n) is 8.28. The van der Waals surface area contributed by atoms with Gasteiger partial charge in [0.2, 0.25) is 5.55 Å². The molecule has 0 aliphatic heterocycles. The summed E-state index contributed by atoms with van der Waals surface area (Å²) in [7, 11) is 0. The Morgan fingerprint density at radius 1 is 0.889 bits per heavy atom. The Kier molecular flexibility index (Phi) is 4.14. The van der Waals surface area contributed by atoms with Crippen molar-refractivity contribution in [2.24, 2.45) is 10.8 Å². The van der Waals surface area contributed by atoms with Crippen molar-refractivity contribution < 1.29 is 14.0 Å². The quantitative estimate of drug-likeness (QED) is 0.436. The average Bonchev–Trinajstić information content (AvgIpc) is 2.71. The second kappa shape index (κ2) is 6.76. The highest BCUT2D eigenvalue weighted by Crippen LogP contribution is 2.24. The third kappa shape index (κ3) is 3.16. The highest BCUT2D eigenvalue weighted by Gasteiger charge is 2.12.